The van der Waals surface area contributed by atoms with Crippen LogP contribution >= 0.6 is 11.3 Å². The average molecular weight is 384 g/mol. The van der Waals surface area contributed by atoms with Crippen molar-refractivity contribution in [3.8, 4) is 17.1 Å². The standard InChI is InChI=1S/C19H20N4O3S/c1-2-8-20-19(24)16-10-23(14-5-3-4-6-15(14)25-16)11-17-21-18(22-26-17)13-7-9-27-12-13/h3-7,9,12,16H,2,8,10-11H2,1H3,(H,20,24)/t16-/m1/s1. The molecule has 8 heteroatoms. The van der Waals surface area contributed by atoms with E-state index >= 15 is 0 Å². The van der Waals surface area contributed by atoms with E-state index in [1.165, 1.54) is 0 Å². The molecule has 140 valence electrons. The van der Waals surface area contributed by atoms with Gasteiger partial charge in [0.25, 0.3) is 5.91 Å². The van der Waals surface area contributed by atoms with Gasteiger partial charge in [-0.25, -0.2) is 0 Å². The lowest BCUT2D eigenvalue weighted by Crippen LogP contribution is -2.48. The predicted octanol–water partition coefficient (Wildman–Crippen LogP) is 3.09. The Morgan fingerprint density at radius 1 is 1.37 bits per heavy atom. The van der Waals surface area contributed by atoms with Crippen LogP contribution in [-0.2, 0) is 11.3 Å². The third kappa shape index (κ3) is 3.80. The summed E-state index contributed by atoms with van der Waals surface area (Å²) in [6.45, 7) is 3.48. The number of anilines is 1. The van der Waals surface area contributed by atoms with Gasteiger partial charge in [0.15, 0.2) is 6.10 Å². The van der Waals surface area contributed by atoms with E-state index in [1.807, 2.05) is 52.9 Å². The largest absolute Gasteiger partial charge is 0.477 e. The van der Waals surface area contributed by atoms with Crippen LogP contribution < -0.4 is 15.0 Å². The number of aromatic nitrogens is 2. The molecule has 1 N–H and O–H groups in total. The summed E-state index contributed by atoms with van der Waals surface area (Å²) < 4.78 is 11.3. The fourth-order valence-electron chi connectivity index (χ4n) is 2.95. The van der Waals surface area contributed by atoms with Crippen LogP contribution in [-0.4, -0.2) is 35.2 Å². The molecule has 0 fully saturated rings. The summed E-state index contributed by atoms with van der Waals surface area (Å²) in [6, 6.07) is 9.62. The molecule has 3 aromatic rings. The molecule has 4 rings (SSSR count). The molecule has 0 spiro atoms. The Bertz CT molecular complexity index is 909. The number of amides is 1. The van der Waals surface area contributed by atoms with Gasteiger partial charge in [0.1, 0.15) is 5.75 Å². The summed E-state index contributed by atoms with van der Waals surface area (Å²) >= 11 is 1.59. The fourth-order valence-corrected chi connectivity index (χ4v) is 3.58. The van der Waals surface area contributed by atoms with Crippen molar-refractivity contribution in [3.63, 3.8) is 0 Å². The second-order valence-electron chi connectivity index (χ2n) is 6.27. The molecule has 1 atom stereocenters. The number of rotatable bonds is 6. The van der Waals surface area contributed by atoms with E-state index in [1.54, 1.807) is 11.3 Å². The summed E-state index contributed by atoms with van der Waals surface area (Å²) in [5, 5.41) is 10.9. The van der Waals surface area contributed by atoms with Gasteiger partial charge in [0.2, 0.25) is 11.7 Å². The lowest BCUT2D eigenvalue weighted by atomic mass is 10.1. The minimum Gasteiger partial charge on any atom is -0.477 e. The van der Waals surface area contributed by atoms with Gasteiger partial charge in [-0.15, -0.1) is 0 Å². The normalized spacial score (nSPS) is 15.9. The Labute approximate surface area is 161 Å². The van der Waals surface area contributed by atoms with Crippen molar-refractivity contribution < 1.29 is 14.1 Å². The molecular formula is C19H20N4O3S. The lowest BCUT2D eigenvalue weighted by Gasteiger charge is -2.34. The highest BCUT2D eigenvalue weighted by Gasteiger charge is 2.31. The van der Waals surface area contributed by atoms with Gasteiger partial charge in [0.05, 0.1) is 18.8 Å². The number of nitrogens with zero attached hydrogens (tertiary/aromatic N) is 3. The van der Waals surface area contributed by atoms with E-state index < -0.39 is 6.10 Å². The highest BCUT2D eigenvalue weighted by Crippen LogP contribution is 2.34. The second-order valence-corrected chi connectivity index (χ2v) is 7.05. The minimum absolute atomic E-state index is 0.110. The molecule has 27 heavy (non-hydrogen) atoms. The number of carbonyl (C=O) groups is 1. The first-order valence-electron chi connectivity index (χ1n) is 8.88. The first-order chi connectivity index (χ1) is 13.2. The topological polar surface area (TPSA) is 80.5 Å². The number of fused-ring (bicyclic) bond motifs is 1. The van der Waals surface area contributed by atoms with Crippen LogP contribution in [0.5, 0.6) is 5.75 Å². The van der Waals surface area contributed by atoms with Gasteiger partial charge >= 0.3 is 0 Å². The number of para-hydroxylation sites is 2. The summed E-state index contributed by atoms with van der Waals surface area (Å²) in [6.07, 6.45) is 0.303. The van der Waals surface area contributed by atoms with Gasteiger partial charge in [-0.1, -0.05) is 24.2 Å². The monoisotopic (exact) mass is 384 g/mol. The number of ether oxygens (including phenoxy) is 1. The molecule has 0 unspecified atom stereocenters. The van der Waals surface area contributed by atoms with E-state index in [-0.39, 0.29) is 5.91 Å². The van der Waals surface area contributed by atoms with Crippen LogP contribution in [0.3, 0.4) is 0 Å². The predicted molar refractivity (Wildman–Crippen MR) is 103 cm³/mol. The number of nitrogens with one attached hydrogen (secondary N) is 1. The molecule has 0 saturated carbocycles. The number of hydrogen-bond donors (Lipinski definition) is 1. The van der Waals surface area contributed by atoms with Gasteiger partial charge in [-0.2, -0.15) is 16.3 Å². The SMILES string of the molecule is CCCNC(=O)[C@H]1CN(Cc2nc(-c3ccsc3)no2)c2ccccc2O1. The third-order valence-corrected chi connectivity index (χ3v) is 4.96. The lowest BCUT2D eigenvalue weighted by molar-refractivity contribution is -0.127. The third-order valence-electron chi connectivity index (χ3n) is 4.28. The van der Waals surface area contributed by atoms with Crippen molar-refractivity contribution in [1.29, 1.82) is 0 Å². The Balaban J connectivity index is 1.54. The Morgan fingerprint density at radius 2 is 2.26 bits per heavy atom. The number of hydrogen-bond acceptors (Lipinski definition) is 7. The minimum atomic E-state index is -0.578. The van der Waals surface area contributed by atoms with Crippen LogP contribution in [0.2, 0.25) is 0 Å². The molecule has 1 aromatic carbocycles. The van der Waals surface area contributed by atoms with Gasteiger partial charge < -0.3 is 19.5 Å². The van der Waals surface area contributed by atoms with Crippen LogP contribution in [0.25, 0.3) is 11.4 Å². The summed E-state index contributed by atoms with van der Waals surface area (Å²) in [4.78, 5) is 18.9. The number of benzene rings is 1. The van der Waals surface area contributed by atoms with E-state index in [4.69, 9.17) is 9.26 Å². The smallest absolute Gasteiger partial charge is 0.262 e. The van der Waals surface area contributed by atoms with Crippen LogP contribution in [0.15, 0.2) is 45.6 Å². The van der Waals surface area contributed by atoms with E-state index in [0.29, 0.717) is 37.1 Å². The second kappa shape index (κ2) is 7.79. The molecule has 2 aromatic heterocycles. The van der Waals surface area contributed by atoms with Crippen LogP contribution in [0.1, 0.15) is 19.2 Å². The molecule has 1 amide bonds. The van der Waals surface area contributed by atoms with Gasteiger partial charge in [0, 0.05) is 17.5 Å². The van der Waals surface area contributed by atoms with E-state index in [9.17, 15) is 4.79 Å². The Kier molecular flexibility index (Phi) is 5.06. The van der Waals surface area contributed by atoms with Gasteiger partial charge in [-0.3, -0.25) is 4.79 Å². The summed E-state index contributed by atoms with van der Waals surface area (Å²) in [5.74, 6) is 1.64. The average Bonchev–Trinajstić information content (AvgIpc) is 3.37. The van der Waals surface area contributed by atoms with Gasteiger partial charge in [-0.05, 0) is 30.0 Å². The molecule has 0 aliphatic carbocycles. The molecule has 0 radical (unpaired) electrons. The summed E-state index contributed by atoms with van der Waals surface area (Å²) in [7, 11) is 0. The highest BCUT2D eigenvalue weighted by atomic mass is 32.1. The highest BCUT2D eigenvalue weighted by molar-refractivity contribution is 7.08. The van der Waals surface area contributed by atoms with Crippen molar-refractivity contribution in [2.24, 2.45) is 0 Å². The van der Waals surface area contributed by atoms with E-state index in [2.05, 4.69) is 15.5 Å². The first-order valence-corrected chi connectivity index (χ1v) is 9.82. The Hall–Kier alpha value is -2.87. The van der Waals surface area contributed by atoms with Crippen molar-refractivity contribution in [2.75, 3.05) is 18.0 Å². The van der Waals surface area contributed by atoms with Crippen molar-refractivity contribution in [3.05, 3.63) is 47.0 Å². The zero-order valence-corrected chi connectivity index (χ0v) is 15.7. The maximum atomic E-state index is 12.4. The Morgan fingerprint density at radius 3 is 3.07 bits per heavy atom. The molecular weight excluding hydrogens is 364 g/mol. The van der Waals surface area contributed by atoms with Crippen molar-refractivity contribution >= 4 is 22.9 Å². The first kappa shape index (κ1) is 17.5. The number of thiophene rings is 1. The fraction of sp³-hybridized carbons (Fsp3) is 0.316. The van der Waals surface area contributed by atoms with Crippen LogP contribution in [0, 0.1) is 0 Å². The molecule has 1 aliphatic heterocycles. The quantitative estimate of drug-likeness (QED) is 0.703. The molecule has 0 bridgehead atoms. The molecule has 0 saturated heterocycles. The maximum absolute atomic E-state index is 12.4. The zero-order valence-electron chi connectivity index (χ0n) is 14.9. The van der Waals surface area contributed by atoms with Crippen molar-refractivity contribution in [2.45, 2.75) is 26.0 Å². The number of carbonyl (C=O) groups excluding carboxylic acids is 1. The molecule has 3 heterocycles. The molecule has 1 aliphatic rings. The molecule has 7 nitrogen and oxygen atoms in total. The van der Waals surface area contributed by atoms with E-state index in [0.717, 1.165) is 17.7 Å². The van der Waals surface area contributed by atoms with Crippen LogP contribution in [0.4, 0.5) is 5.69 Å². The van der Waals surface area contributed by atoms with Crippen molar-refractivity contribution in [1.82, 2.24) is 15.5 Å². The maximum Gasteiger partial charge on any atom is 0.262 e. The summed E-state index contributed by atoms with van der Waals surface area (Å²) in [5.41, 5.74) is 1.85. The zero-order chi connectivity index (χ0) is 18.6.